The fourth-order valence-corrected chi connectivity index (χ4v) is 2.44. The molecule has 2 rings (SSSR count). The summed E-state index contributed by atoms with van der Waals surface area (Å²) in [6, 6.07) is 19.7. The molecule has 0 heterocycles. The third kappa shape index (κ3) is 5.76. The van der Waals surface area contributed by atoms with Crippen molar-refractivity contribution in [3.05, 3.63) is 91.0 Å². The number of amides is 1. The summed E-state index contributed by atoms with van der Waals surface area (Å²) in [6.45, 7) is 7.67. The molecule has 24 heavy (non-hydrogen) atoms. The molecule has 0 aromatic heterocycles. The Morgan fingerprint density at radius 1 is 1.04 bits per heavy atom. The topological polar surface area (TPSA) is 41.1 Å². The second kappa shape index (κ2) is 9.36. The lowest BCUT2D eigenvalue weighted by molar-refractivity contribution is -0.124. The minimum atomic E-state index is -0.125. The molecule has 2 aromatic carbocycles. The van der Waals surface area contributed by atoms with Gasteiger partial charge in [-0.25, -0.2) is 0 Å². The van der Waals surface area contributed by atoms with Crippen molar-refractivity contribution < 1.29 is 4.79 Å². The predicted molar refractivity (Wildman–Crippen MR) is 100 cm³/mol. The molecular formula is C21H24N2O. The number of carbonyl (C=O) groups is 1. The summed E-state index contributed by atoms with van der Waals surface area (Å²) in [4.78, 5) is 12.6. The summed E-state index contributed by atoms with van der Waals surface area (Å²) in [5.74, 6) is -0.139. The highest BCUT2D eigenvalue weighted by atomic mass is 16.2. The minimum Gasteiger partial charge on any atom is -0.299 e. The van der Waals surface area contributed by atoms with Gasteiger partial charge >= 0.3 is 0 Å². The highest BCUT2D eigenvalue weighted by molar-refractivity contribution is 5.80. The highest BCUT2D eigenvalue weighted by Gasteiger charge is 2.19. The van der Waals surface area contributed by atoms with Crippen LogP contribution in [-0.2, 0) is 11.2 Å². The molecule has 0 aliphatic carbocycles. The Kier molecular flexibility index (Phi) is 6.84. The third-order valence-electron chi connectivity index (χ3n) is 3.90. The fraction of sp³-hybridized carbons (Fsp3) is 0.190. The molecule has 1 unspecified atom stereocenters. The molecule has 124 valence electrons. The molecule has 2 N–H and O–H groups in total. The van der Waals surface area contributed by atoms with Crippen molar-refractivity contribution >= 4 is 11.6 Å². The number of anilines is 1. The zero-order chi connectivity index (χ0) is 17.2. The molecule has 0 radical (unpaired) electrons. The number of hydrazine groups is 1. The zero-order valence-electron chi connectivity index (χ0n) is 13.9. The maximum Gasteiger partial charge on any atom is 0.241 e. The number of para-hydroxylation sites is 1. The number of carbonyl (C=O) groups excluding carboxylic acids is 1. The van der Waals surface area contributed by atoms with Crippen LogP contribution in [0.5, 0.6) is 0 Å². The lowest BCUT2D eigenvalue weighted by atomic mass is 9.92. The zero-order valence-corrected chi connectivity index (χ0v) is 13.9. The van der Waals surface area contributed by atoms with Crippen LogP contribution < -0.4 is 10.9 Å². The first kappa shape index (κ1) is 17.5. The number of hydrogen-bond donors (Lipinski definition) is 2. The molecule has 0 spiro atoms. The highest BCUT2D eigenvalue weighted by Crippen LogP contribution is 2.18. The van der Waals surface area contributed by atoms with E-state index in [1.807, 2.05) is 60.7 Å². The van der Waals surface area contributed by atoms with Crippen LogP contribution in [0.1, 0.15) is 18.4 Å². The van der Waals surface area contributed by atoms with Crippen LogP contribution in [0.25, 0.3) is 0 Å². The van der Waals surface area contributed by atoms with E-state index in [1.165, 1.54) is 0 Å². The van der Waals surface area contributed by atoms with E-state index in [1.54, 1.807) is 6.08 Å². The van der Waals surface area contributed by atoms with Crippen molar-refractivity contribution in [1.29, 1.82) is 0 Å². The van der Waals surface area contributed by atoms with E-state index in [9.17, 15) is 4.79 Å². The van der Waals surface area contributed by atoms with Crippen LogP contribution in [0, 0.1) is 5.92 Å². The number of benzene rings is 2. The molecule has 3 nitrogen and oxygen atoms in total. The summed E-state index contributed by atoms with van der Waals surface area (Å²) in [6.07, 6.45) is 3.95. The van der Waals surface area contributed by atoms with Crippen molar-refractivity contribution in [2.24, 2.45) is 5.92 Å². The van der Waals surface area contributed by atoms with Crippen molar-refractivity contribution in [1.82, 2.24) is 5.43 Å². The van der Waals surface area contributed by atoms with Gasteiger partial charge in [-0.15, -0.1) is 0 Å². The first-order chi connectivity index (χ1) is 11.7. The molecule has 0 aliphatic heterocycles. The number of nitrogens with one attached hydrogen (secondary N) is 2. The fourth-order valence-electron chi connectivity index (χ4n) is 2.44. The lowest BCUT2D eigenvalue weighted by Crippen LogP contribution is -2.36. The molecule has 0 bridgehead atoms. The summed E-state index contributed by atoms with van der Waals surface area (Å²) in [5.41, 5.74) is 8.76. The SMILES string of the molecule is C=CC(=C)CCC(Cc1ccccc1)C(=O)NNc1ccccc1. The van der Waals surface area contributed by atoms with E-state index in [0.717, 1.165) is 29.7 Å². The van der Waals surface area contributed by atoms with Crippen LogP contribution in [0.2, 0.25) is 0 Å². The van der Waals surface area contributed by atoms with E-state index in [2.05, 4.69) is 24.0 Å². The lowest BCUT2D eigenvalue weighted by Gasteiger charge is -2.18. The Morgan fingerprint density at radius 2 is 1.67 bits per heavy atom. The maximum absolute atomic E-state index is 12.6. The average Bonchev–Trinajstić information content (AvgIpc) is 2.64. The van der Waals surface area contributed by atoms with Crippen LogP contribution in [-0.4, -0.2) is 5.91 Å². The van der Waals surface area contributed by atoms with Gasteiger partial charge in [0.05, 0.1) is 5.69 Å². The summed E-state index contributed by atoms with van der Waals surface area (Å²) in [5, 5.41) is 0. The van der Waals surface area contributed by atoms with E-state index in [0.29, 0.717) is 6.42 Å². The normalized spacial score (nSPS) is 11.3. The van der Waals surface area contributed by atoms with Gasteiger partial charge in [-0.1, -0.05) is 73.3 Å². The van der Waals surface area contributed by atoms with Crippen molar-refractivity contribution in [3.63, 3.8) is 0 Å². The molecule has 2 aromatic rings. The molecule has 1 atom stereocenters. The van der Waals surface area contributed by atoms with Gasteiger partial charge in [0, 0.05) is 5.92 Å². The molecule has 0 saturated carbocycles. The van der Waals surface area contributed by atoms with E-state index >= 15 is 0 Å². The van der Waals surface area contributed by atoms with Gasteiger partial charge in [0.1, 0.15) is 0 Å². The van der Waals surface area contributed by atoms with E-state index in [-0.39, 0.29) is 11.8 Å². The smallest absolute Gasteiger partial charge is 0.241 e. The van der Waals surface area contributed by atoms with E-state index in [4.69, 9.17) is 0 Å². The van der Waals surface area contributed by atoms with Gasteiger partial charge in [0.15, 0.2) is 0 Å². The monoisotopic (exact) mass is 320 g/mol. The molecular weight excluding hydrogens is 296 g/mol. The Balaban J connectivity index is 1.98. The van der Waals surface area contributed by atoms with Crippen LogP contribution in [0.4, 0.5) is 5.69 Å². The molecule has 0 saturated heterocycles. The van der Waals surface area contributed by atoms with E-state index < -0.39 is 0 Å². The van der Waals surface area contributed by atoms with Crippen molar-refractivity contribution in [2.45, 2.75) is 19.3 Å². The van der Waals surface area contributed by atoms with Crippen LogP contribution in [0.3, 0.4) is 0 Å². The van der Waals surface area contributed by atoms with Gasteiger partial charge in [-0.3, -0.25) is 15.6 Å². The summed E-state index contributed by atoms with van der Waals surface area (Å²) in [7, 11) is 0. The average molecular weight is 320 g/mol. The minimum absolute atomic E-state index is 0.0143. The Bertz CT molecular complexity index is 665. The molecule has 3 heteroatoms. The standard InChI is InChI=1S/C21H24N2O/c1-3-17(2)14-15-19(16-18-10-6-4-7-11-18)21(24)23-22-20-12-8-5-9-13-20/h3-13,19,22H,1-2,14-16H2,(H,23,24). The Labute approximate surface area is 144 Å². The second-order valence-electron chi connectivity index (χ2n) is 5.77. The van der Waals surface area contributed by atoms with Gasteiger partial charge in [0.25, 0.3) is 0 Å². The number of hydrogen-bond acceptors (Lipinski definition) is 2. The van der Waals surface area contributed by atoms with Crippen molar-refractivity contribution in [3.8, 4) is 0 Å². The Morgan fingerprint density at radius 3 is 2.29 bits per heavy atom. The first-order valence-electron chi connectivity index (χ1n) is 8.14. The van der Waals surface area contributed by atoms with Crippen molar-refractivity contribution in [2.75, 3.05) is 5.43 Å². The maximum atomic E-state index is 12.6. The van der Waals surface area contributed by atoms with Gasteiger partial charge in [0.2, 0.25) is 5.91 Å². The second-order valence-corrected chi connectivity index (χ2v) is 5.77. The quantitative estimate of drug-likeness (QED) is 0.527. The van der Waals surface area contributed by atoms with Crippen LogP contribution in [0.15, 0.2) is 85.5 Å². The summed E-state index contributed by atoms with van der Waals surface area (Å²) < 4.78 is 0. The molecule has 0 fully saturated rings. The Hall–Kier alpha value is -2.81. The van der Waals surface area contributed by atoms with Gasteiger partial charge in [-0.05, 0) is 37.0 Å². The third-order valence-corrected chi connectivity index (χ3v) is 3.90. The van der Waals surface area contributed by atoms with Crippen LogP contribution >= 0.6 is 0 Å². The predicted octanol–water partition coefficient (Wildman–Crippen LogP) is 4.51. The first-order valence-corrected chi connectivity index (χ1v) is 8.14. The largest absolute Gasteiger partial charge is 0.299 e. The van der Waals surface area contributed by atoms with Gasteiger partial charge < -0.3 is 0 Å². The molecule has 0 aliphatic rings. The number of rotatable bonds is 9. The number of allylic oxidation sites excluding steroid dienone is 2. The summed E-state index contributed by atoms with van der Waals surface area (Å²) >= 11 is 0. The molecule has 1 amide bonds. The van der Waals surface area contributed by atoms with Gasteiger partial charge in [-0.2, -0.15) is 0 Å².